The number of thiocarbonyl (C=S) groups is 1. The highest BCUT2D eigenvalue weighted by Gasteiger charge is 2.04. The van der Waals surface area contributed by atoms with Crippen molar-refractivity contribution in [3.63, 3.8) is 0 Å². The maximum Gasteiger partial charge on any atom is 0.269 e. The minimum absolute atomic E-state index is 0.197. The molecule has 4 nitrogen and oxygen atoms in total. The van der Waals surface area contributed by atoms with Crippen LogP contribution in [0.2, 0.25) is 0 Å². The predicted molar refractivity (Wildman–Crippen MR) is 81.9 cm³/mol. The first-order chi connectivity index (χ1) is 9.13. The number of hydrogen-bond acceptors (Lipinski definition) is 2. The van der Waals surface area contributed by atoms with Gasteiger partial charge in [0.25, 0.3) is 5.91 Å². The average Bonchev–Trinajstić information content (AvgIpc) is 2.42. The number of aryl methyl sites for hydroxylation is 1. The van der Waals surface area contributed by atoms with Gasteiger partial charge in [-0.25, -0.2) is 0 Å². The van der Waals surface area contributed by atoms with Crippen LogP contribution in [0.5, 0.6) is 0 Å². The van der Waals surface area contributed by atoms with E-state index in [0.717, 1.165) is 18.5 Å². The smallest absolute Gasteiger partial charge is 0.269 e. The van der Waals surface area contributed by atoms with Crippen LogP contribution in [0, 0.1) is 6.92 Å². The summed E-state index contributed by atoms with van der Waals surface area (Å²) < 4.78 is 0. The Kier molecular flexibility index (Phi) is 6.89. The van der Waals surface area contributed by atoms with Gasteiger partial charge in [-0.1, -0.05) is 37.5 Å². The van der Waals surface area contributed by atoms with Crippen LogP contribution in [-0.2, 0) is 0 Å². The molecule has 0 aliphatic rings. The fraction of sp³-hybridized carbons (Fsp3) is 0.429. The topological polar surface area (TPSA) is 53.2 Å². The minimum Gasteiger partial charge on any atom is -0.361 e. The molecule has 0 radical (unpaired) electrons. The van der Waals surface area contributed by atoms with Gasteiger partial charge in [-0.05, 0) is 37.7 Å². The second-order valence-corrected chi connectivity index (χ2v) is 4.82. The van der Waals surface area contributed by atoms with Gasteiger partial charge >= 0.3 is 0 Å². The third kappa shape index (κ3) is 6.20. The molecule has 0 aliphatic carbocycles. The maximum atomic E-state index is 11.8. The van der Waals surface area contributed by atoms with Gasteiger partial charge in [0.05, 0.1) is 0 Å². The Bertz CT molecular complexity index is 417. The van der Waals surface area contributed by atoms with E-state index in [0.29, 0.717) is 10.7 Å². The van der Waals surface area contributed by atoms with Crippen LogP contribution in [0.4, 0.5) is 0 Å². The van der Waals surface area contributed by atoms with Gasteiger partial charge in [-0.3, -0.25) is 15.6 Å². The Labute approximate surface area is 119 Å². The summed E-state index contributed by atoms with van der Waals surface area (Å²) in [4.78, 5) is 11.8. The number of hydrazine groups is 1. The Morgan fingerprint density at radius 1 is 1.16 bits per heavy atom. The van der Waals surface area contributed by atoms with Crippen molar-refractivity contribution >= 4 is 23.2 Å². The van der Waals surface area contributed by atoms with Crippen LogP contribution in [-0.4, -0.2) is 17.6 Å². The summed E-state index contributed by atoms with van der Waals surface area (Å²) in [6, 6.07) is 7.36. The molecule has 0 bridgehead atoms. The van der Waals surface area contributed by atoms with E-state index in [4.69, 9.17) is 12.2 Å². The number of rotatable bonds is 5. The molecule has 1 rings (SSSR count). The van der Waals surface area contributed by atoms with Crippen LogP contribution in [0.15, 0.2) is 24.3 Å². The zero-order valence-electron chi connectivity index (χ0n) is 11.5. The van der Waals surface area contributed by atoms with Crippen molar-refractivity contribution in [2.24, 2.45) is 0 Å². The summed E-state index contributed by atoms with van der Waals surface area (Å²) in [5, 5.41) is 3.48. The fourth-order valence-electron chi connectivity index (χ4n) is 1.51. The van der Waals surface area contributed by atoms with E-state index >= 15 is 0 Å². The van der Waals surface area contributed by atoms with Gasteiger partial charge in [-0.2, -0.15) is 0 Å². The molecular formula is C14H21N3OS. The summed E-state index contributed by atoms with van der Waals surface area (Å²) in [6.07, 6.45) is 3.42. The molecule has 0 heterocycles. The second-order valence-electron chi connectivity index (χ2n) is 4.41. The second kappa shape index (κ2) is 8.48. The SMILES string of the molecule is CCCCCNC(=S)NNC(=O)c1ccc(C)cc1. The summed E-state index contributed by atoms with van der Waals surface area (Å²) >= 11 is 5.06. The van der Waals surface area contributed by atoms with E-state index < -0.39 is 0 Å². The van der Waals surface area contributed by atoms with E-state index in [1.165, 1.54) is 12.8 Å². The third-order valence-electron chi connectivity index (χ3n) is 2.67. The van der Waals surface area contributed by atoms with Crippen LogP contribution in [0.25, 0.3) is 0 Å². The lowest BCUT2D eigenvalue weighted by Gasteiger charge is -2.11. The van der Waals surface area contributed by atoms with E-state index in [9.17, 15) is 4.79 Å². The molecule has 0 fully saturated rings. The monoisotopic (exact) mass is 279 g/mol. The molecule has 5 heteroatoms. The summed E-state index contributed by atoms with van der Waals surface area (Å²) in [5.74, 6) is -0.197. The predicted octanol–water partition coefficient (Wildman–Crippen LogP) is 2.29. The molecule has 0 unspecified atom stereocenters. The van der Waals surface area contributed by atoms with Crippen molar-refractivity contribution < 1.29 is 4.79 Å². The number of amides is 1. The number of carbonyl (C=O) groups is 1. The van der Waals surface area contributed by atoms with Crippen LogP contribution >= 0.6 is 12.2 Å². The van der Waals surface area contributed by atoms with Gasteiger partial charge < -0.3 is 5.32 Å². The minimum atomic E-state index is -0.197. The van der Waals surface area contributed by atoms with Gasteiger partial charge in [0.15, 0.2) is 5.11 Å². The molecule has 0 aromatic heterocycles. The molecular weight excluding hydrogens is 258 g/mol. The standard InChI is InChI=1S/C14H21N3OS/c1-3-4-5-10-15-14(19)17-16-13(18)12-8-6-11(2)7-9-12/h6-9H,3-5,10H2,1-2H3,(H,16,18)(H2,15,17,19). The van der Waals surface area contributed by atoms with E-state index in [-0.39, 0.29) is 5.91 Å². The lowest BCUT2D eigenvalue weighted by molar-refractivity contribution is 0.0943. The van der Waals surface area contributed by atoms with Crippen molar-refractivity contribution in [2.75, 3.05) is 6.54 Å². The normalized spacial score (nSPS) is 9.79. The molecule has 0 atom stereocenters. The highest BCUT2D eigenvalue weighted by Crippen LogP contribution is 2.02. The molecule has 1 aromatic carbocycles. The molecule has 0 aliphatic heterocycles. The van der Waals surface area contributed by atoms with E-state index in [1.54, 1.807) is 12.1 Å². The van der Waals surface area contributed by atoms with Crippen LogP contribution < -0.4 is 16.2 Å². The van der Waals surface area contributed by atoms with Crippen molar-refractivity contribution in [3.05, 3.63) is 35.4 Å². The van der Waals surface area contributed by atoms with Gasteiger partial charge in [-0.15, -0.1) is 0 Å². The summed E-state index contributed by atoms with van der Waals surface area (Å²) in [5.41, 5.74) is 6.99. The zero-order chi connectivity index (χ0) is 14.1. The van der Waals surface area contributed by atoms with Crippen molar-refractivity contribution in [1.29, 1.82) is 0 Å². The van der Waals surface area contributed by atoms with E-state index in [1.807, 2.05) is 19.1 Å². The largest absolute Gasteiger partial charge is 0.361 e. The summed E-state index contributed by atoms with van der Waals surface area (Å²) in [7, 11) is 0. The molecule has 3 N–H and O–H groups in total. The van der Waals surface area contributed by atoms with Gasteiger partial charge in [0.1, 0.15) is 0 Å². The quantitative estimate of drug-likeness (QED) is 0.440. The number of carbonyl (C=O) groups excluding carboxylic acids is 1. The molecule has 0 saturated carbocycles. The summed E-state index contributed by atoms with van der Waals surface area (Å²) in [6.45, 7) is 4.95. The molecule has 1 aromatic rings. The Hall–Kier alpha value is -1.62. The highest BCUT2D eigenvalue weighted by molar-refractivity contribution is 7.80. The first-order valence-corrected chi connectivity index (χ1v) is 6.95. The number of nitrogens with one attached hydrogen (secondary N) is 3. The average molecular weight is 279 g/mol. The molecule has 0 saturated heterocycles. The number of benzene rings is 1. The Morgan fingerprint density at radius 2 is 1.84 bits per heavy atom. The fourth-order valence-corrected chi connectivity index (χ4v) is 1.66. The Morgan fingerprint density at radius 3 is 2.47 bits per heavy atom. The van der Waals surface area contributed by atoms with Crippen molar-refractivity contribution in [2.45, 2.75) is 33.1 Å². The Balaban J connectivity index is 2.26. The molecule has 104 valence electrons. The lowest BCUT2D eigenvalue weighted by Crippen LogP contribution is -2.46. The molecule has 0 spiro atoms. The van der Waals surface area contributed by atoms with Gasteiger partial charge in [0.2, 0.25) is 0 Å². The highest BCUT2D eigenvalue weighted by atomic mass is 32.1. The first-order valence-electron chi connectivity index (χ1n) is 6.54. The van der Waals surface area contributed by atoms with E-state index in [2.05, 4.69) is 23.1 Å². The van der Waals surface area contributed by atoms with Gasteiger partial charge in [0, 0.05) is 12.1 Å². The van der Waals surface area contributed by atoms with Crippen molar-refractivity contribution in [3.8, 4) is 0 Å². The first kappa shape index (κ1) is 15.4. The number of hydrogen-bond donors (Lipinski definition) is 3. The van der Waals surface area contributed by atoms with Crippen LogP contribution in [0.3, 0.4) is 0 Å². The van der Waals surface area contributed by atoms with Crippen molar-refractivity contribution in [1.82, 2.24) is 16.2 Å². The molecule has 1 amide bonds. The lowest BCUT2D eigenvalue weighted by atomic mass is 10.1. The maximum absolute atomic E-state index is 11.8. The van der Waals surface area contributed by atoms with Crippen LogP contribution in [0.1, 0.15) is 42.1 Å². The zero-order valence-corrected chi connectivity index (χ0v) is 12.3. The third-order valence-corrected chi connectivity index (χ3v) is 2.92. The molecule has 19 heavy (non-hydrogen) atoms. The number of unbranched alkanes of at least 4 members (excludes halogenated alkanes) is 2.